The fraction of sp³-hybridized carbons (Fsp3) is 0.500. The Kier molecular flexibility index (Phi) is 2.75. The number of carbonyl (C=O) groups is 1. The highest BCUT2D eigenvalue weighted by atomic mass is 16.3. The molecule has 1 fully saturated rings. The van der Waals surface area contributed by atoms with Crippen LogP contribution >= 0.6 is 0 Å². The number of hydrogen-bond acceptors (Lipinski definition) is 2. The van der Waals surface area contributed by atoms with Crippen molar-refractivity contribution >= 4 is 5.78 Å². The molecule has 0 spiro atoms. The lowest BCUT2D eigenvalue weighted by Crippen LogP contribution is -2.05. The van der Waals surface area contributed by atoms with Gasteiger partial charge < -0.3 is 5.11 Å². The Morgan fingerprint density at radius 2 is 2.00 bits per heavy atom. The lowest BCUT2D eigenvalue weighted by atomic mass is 9.93. The fourth-order valence-electron chi connectivity index (χ4n) is 2.00. The minimum absolute atomic E-state index is 0.239. The van der Waals surface area contributed by atoms with E-state index in [0.29, 0.717) is 5.75 Å². The lowest BCUT2D eigenvalue weighted by Gasteiger charge is -2.12. The minimum Gasteiger partial charge on any atom is -0.508 e. The molecule has 0 saturated heterocycles. The number of phenolic OH excluding ortho intramolecular Hbond substituents is 1. The van der Waals surface area contributed by atoms with Gasteiger partial charge in [-0.2, -0.15) is 0 Å². The van der Waals surface area contributed by atoms with Crippen molar-refractivity contribution < 1.29 is 9.90 Å². The van der Waals surface area contributed by atoms with E-state index < -0.39 is 0 Å². The number of hydrogen-bond donors (Lipinski definition) is 1. The van der Waals surface area contributed by atoms with Crippen LogP contribution in [0.15, 0.2) is 12.1 Å². The minimum atomic E-state index is 0.239. The fourth-order valence-corrected chi connectivity index (χ4v) is 2.00. The van der Waals surface area contributed by atoms with Crippen LogP contribution in [0.5, 0.6) is 5.75 Å². The Morgan fingerprint density at radius 3 is 2.50 bits per heavy atom. The number of benzene rings is 1. The molecule has 0 aliphatic heterocycles. The molecule has 2 heteroatoms. The standard InChI is InChI=1S/C14H18O2/c1-8(2)11-7-12(9(3)6-13(11)15)14(16)10-4-5-10/h6-8,10,15H,4-5H2,1-3H3. The average Bonchev–Trinajstić information content (AvgIpc) is 2.99. The van der Waals surface area contributed by atoms with Crippen molar-refractivity contribution in [1.82, 2.24) is 0 Å². The van der Waals surface area contributed by atoms with Gasteiger partial charge in [-0.3, -0.25) is 4.79 Å². The third-order valence-electron chi connectivity index (χ3n) is 3.21. The number of phenols is 1. The van der Waals surface area contributed by atoms with Gasteiger partial charge in [-0.25, -0.2) is 0 Å². The van der Waals surface area contributed by atoms with Gasteiger partial charge in [0, 0.05) is 11.5 Å². The largest absolute Gasteiger partial charge is 0.508 e. The summed E-state index contributed by atoms with van der Waals surface area (Å²) in [5.74, 6) is 1.04. The molecule has 0 unspecified atom stereocenters. The van der Waals surface area contributed by atoms with Crippen molar-refractivity contribution in [2.45, 2.75) is 39.5 Å². The molecule has 16 heavy (non-hydrogen) atoms. The number of carbonyl (C=O) groups excluding carboxylic acids is 1. The number of Topliss-reactive ketones (excluding diaryl/α,β-unsaturated/α-hetero) is 1. The highest BCUT2D eigenvalue weighted by molar-refractivity contribution is 6.00. The molecule has 1 aromatic rings. The Balaban J connectivity index is 2.44. The van der Waals surface area contributed by atoms with Crippen LogP contribution in [0.1, 0.15) is 54.1 Å². The molecule has 1 aliphatic rings. The van der Waals surface area contributed by atoms with Crippen LogP contribution in [0.3, 0.4) is 0 Å². The number of ketones is 1. The van der Waals surface area contributed by atoms with Crippen LogP contribution < -0.4 is 0 Å². The van der Waals surface area contributed by atoms with Crippen LogP contribution in [0, 0.1) is 12.8 Å². The molecule has 1 aliphatic carbocycles. The van der Waals surface area contributed by atoms with Gasteiger partial charge in [-0.15, -0.1) is 0 Å². The Hall–Kier alpha value is -1.31. The summed E-state index contributed by atoms with van der Waals surface area (Å²) in [6.07, 6.45) is 2.05. The van der Waals surface area contributed by atoms with Crippen molar-refractivity contribution in [1.29, 1.82) is 0 Å². The van der Waals surface area contributed by atoms with E-state index in [4.69, 9.17) is 0 Å². The first kappa shape index (κ1) is 11.2. The number of aryl methyl sites for hydroxylation is 1. The molecule has 1 saturated carbocycles. The topological polar surface area (TPSA) is 37.3 Å². The zero-order valence-electron chi connectivity index (χ0n) is 10.1. The van der Waals surface area contributed by atoms with Crippen LogP contribution in [-0.2, 0) is 0 Å². The van der Waals surface area contributed by atoms with E-state index in [1.54, 1.807) is 6.07 Å². The van der Waals surface area contributed by atoms with E-state index in [0.717, 1.165) is 29.5 Å². The first-order valence-electron chi connectivity index (χ1n) is 5.88. The van der Waals surface area contributed by atoms with Crippen molar-refractivity contribution in [2.75, 3.05) is 0 Å². The molecule has 2 nitrogen and oxygen atoms in total. The normalized spacial score (nSPS) is 15.5. The molecule has 0 bridgehead atoms. The maximum Gasteiger partial charge on any atom is 0.166 e. The maximum absolute atomic E-state index is 12.0. The van der Waals surface area contributed by atoms with Crippen molar-refractivity contribution in [3.8, 4) is 5.75 Å². The van der Waals surface area contributed by atoms with Gasteiger partial charge in [0.2, 0.25) is 0 Å². The summed E-state index contributed by atoms with van der Waals surface area (Å²) in [7, 11) is 0. The van der Waals surface area contributed by atoms with Gasteiger partial charge in [-0.05, 0) is 48.9 Å². The Labute approximate surface area is 96.3 Å². The maximum atomic E-state index is 12.0. The summed E-state index contributed by atoms with van der Waals surface area (Å²) in [5, 5.41) is 9.81. The van der Waals surface area contributed by atoms with Crippen LogP contribution in [0.4, 0.5) is 0 Å². The van der Waals surface area contributed by atoms with Crippen molar-refractivity contribution in [3.05, 3.63) is 28.8 Å². The van der Waals surface area contributed by atoms with Crippen LogP contribution in [0.2, 0.25) is 0 Å². The van der Waals surface area contributed by atoms with Gasteiger partial charge in [0.05, 0.1) is 0 Å². The van der Waals surface area contributed by atoms with Gasteiger partial charge in [-0.1, -0.05) is 13.8 Å². The highest BCUT2D eigenvalue weighted by Gasteiger charge is 2.31. The molecular weight excluding hydrogens is 200 g/mol. The van der Waals surface area contributed by atoms with E-state index in [1.165, 1.54) is 0 Å². The molecule has 0 amide bonds. The van der Waals surface area contributed by atoms with E-state index >= 15 is 0 Å². The summed E-state index contributed by atoms with van der Waals surface area (Å²) in [4.78, 5) is 12.0. The first-order chi connectivity index (χ1) is 7.50. The molecule has 86 valence electrons. The second-order valence-corrected chi connectivity index (χ2v) is 5.02. The lowest BCUT2D eigenvalue weighted by molar-refractivity contribution is 0.0967. The predicted octanol–water partition coefficient (Wildman–Crippen LogP) is 3.42. The average molecular weight is 218 g/mol. The zero-order chi connectivity index (χ0) is 11.9. The van der Waals surface area contributed by atoms with Crippen LogP contribution in [-0.4, -0.2) is 10.9 Å². The summed E-state index contributed by atoms with van der Waals surface area (Å²) < 4.78 is 0. The van der Waals surface area contributed by atoms with E-state index in [-0.39, 0.29) is 17.6 Å². The van der Waals surface area contributed by atoms with E-state index in [1.807, 2.05) is 26.8 Å². The predicted molar refractivity (Wildman–Crippen MR) is 64.0 cm³/mol. The summed E-state index contributed by atoms with van der Waals surface area (Å²) in [6.45, 7) is 5.94. The summed E-state index contributed by atoms with van der Waals surface area (Å²) in [6, 6.07) is 3.58. The third kappa shape index (κ3) is 1.97. The van der Waals surface area contributed by atoms with Gasteiger partial charge in [0.25, 0.3) is 0 Å². The second-order valence-electron chi connectivity index (χ2n) is 5.02. The molecule has 0 radical (unpaired) electrons. The van der Waals surface area contributed by atoms with Gasteiger partial charge in [0.15, 0.2) is 5.78 Å². The molecule has 1 aromatic carbocycles. The summed E-state index contributed by atoms with van der Waals surface area (Å²) >= 11 is 0. The molecule has 1 N–H and O–H groups in total. The smallest absolute Gasteiger partial charge is 0.166 e. The molecular formula is C14H18O2. The SMILES string of the molecule is Cc1cc(O)c(C(C)C)cc1C(=O)C1CC1. The van der Waals surface area contributed by atoms with Crippen molar-refractivity contribution in [2.24, 2.45) is 5.92 Å². The second kappa shape index (κ2) is 3.93. The van der Waals surface area contributed by atoms with Crippen molar-refractivity contribution in [3.63, 3.8) is 0 Å². The third-order valence-corrected chi connectivity index (χ3v) is 3.21. The zero-order valence-corrected chi connectivity index (χ0v) is 10.1. The molecule has 0 atom stereocenters. The number of aromatic hydroxyl groups is 1. The molecule has 2 rings (SSSR count). The monoisotopic (exact) mass is 218 g/mol. The molecule has 0 heterocycles. The number of rotatable bonds is 3. The van der Waals surface area contributed by atoms with E-state index in [9.17, 15) is 9.90 Å². The Bertz CT molecular complexity index is 429. The Morgan fingerprint density at radius 1 is 1.38 bits per heavy atom. The summed E-state index contributed by atoms with van der Waals surface area (Å²) in [5.41, 5.74) is 2.55. The van der Waals surface area contributed by atoms with Gasteiger partial charge in [0.1, 0.15) is 5.75 Å². The first-order valence-corrected chi connectivity index (χ1v) is 5.88. The molecule has 0 aromatic heterocycles. The van der Waals surface area contributed by atoms with Crippen LogP contribution in [0.25, 0.3) is 0 Å². The quantitative estimate of drug-likeness (QED) is 0.789. The van der Waals surface area contributed by atoms with E-state index in [2.05, 4.69) is 0 Å². The highest BCUT2D eigenvalue weighted by Crippen LogP contribution is 2.36. The van der Waals surface area contributed by atoms with Gasteiger partial charge >= 0.3 is 0 Å².